The van der Waals surface area contributed by atoms with E-state index in [0.717, 1.165) is 28.8 Å². The second kappa shape index (κ2) is 4.41. The van der Waals surface area contributed by atoms with Gasteiger partial charge in [0.25, 0.3) is 0 Å². The Morgan fingerprint density at radius 3 is 2.94 bits per heavy atom. The Hall–Kier alpha value is -1.10. The van der Waals surface area contributed by atoms with Crippen LogP contribution < -0.4 is 5.32 Å². The van der Waals surface area contributed by atoms with Crippen LogP contribution in [-0.2, 0) is 4.79 Å². The van der Waals surface area contributed by atoms with Crippen LogP contribution in [-0.4, -0.2) is 35.4 Å². The molecule has 0 aromatic carbocycles. The zero-order valence-corrected chi connectivity index (χ0v) is 10.9. The lowest BCUT2D eigenvalue weighted by atomic mass is 10.2. The molecular weight excluding hydrogens is 270 g/mol. The van der Waals surface area contributed by atoms with E-state index in [4.69, 9.17) is 0 Å². The van der Waals surface area contributed by atoms with E-state index in [1.54, 1.807) is 11.1 Å². The average molecular weight is 284 g/mol. The van der Waals surface area contributed by atoms with Gasteiger partial charge in [0.1, 0.15) is 11.9 Å². The molecule has 1 saturated heterocycles. The van der Waals surface area contributed by atoms with Gasteiger partial charge in [-0.2, -0.15) is 0 Å². The number of rotatable bonds is 2. The first kappa shape index (κ1) is 11.4. The summed E-state index contributed by atoms with van der Waals surface area (Å²) in [6.45, 7) is 2.81. The summed E-state index contributed by atoms with van der Waals surface area (Å²) in [5, 5.41) is 3.17. The first-order valence-corrected chi connectivity index (χ1v) is 6.01. The minimum Gasteiger partial charge on any atom is -0.358 e. The lowest BCUT2D eigenvalue weighted by Crippen LogP contribution is -2.31. The van der Waals surface area contributed by atoms with Crippen LogP contribution in [0, 0.1) is 6.92 Å². The van der Waals surface area contributed by atoms with Gasteiger partial charge in [-0.1, -0.05) is 0 Å². The Morgan fingerprint density at radius 1 is 1.62 bits per heavy atom. The van der Waals surface area contributed by atoms with Crippen molar-refractivity contribution in [1.82, 2.24) is 9.88 Å². The standard InChI is InChI=1S/C11H14BrN3O/c1-7-5-10(13-6-8(7)12)14-9-3-4-15(2)11(9)16/h5-6,9H,3-4H2,1-2H3,(H,13,14). The van der Waals surface area contributed by atoms with Crippen LogP contribution in [0.1, 0.15) is 12.0 Å². The van der Waals surface area contributed by atoms with Crippen LogP contribution in [0.25, 0.3) is 0 Å². The number of amides is 1. The normalized spacial score (nSPS) is 20.3. The molecule has 1 aromatic heterocycles. The summed E-state index contributed by atoms with van der Waals surface area (Å²) in [5.74, 6) is 0.900. The van der Waals surface area contributed by atoms with Crippen molar-refractivity contribution in [1.29, 1.82) is 0 Å². The molecule has 0 radical (unpaired) electrons. The van der Waals surface area contributed by atoms with Crippen LogP contribution >= 0.6 is 15.9 Å². The predicted molar refractivity (Wildman–Crippen MR) is 66.3 cm³/mol. The number of aryl methyl sites for hydroxylation is 1. The van der Waals surface area contributed by atoms with Gasteiger partial charge in [-0.15, -0.1) is 0 Å². The Kier molecular flexibility index (Phi) is 3.14. The van der Waals surface area contributed by atoms with Crippen LogP contribution in [0.5, 0.6) is 0 Å². The molecule has 0 aliphatic carbocycles. The summed E-state index contributed by atoms with van der Waals surface area (Å²) in [6.07, 6.45) is 2.59. The summed E-state index contributed by atoms with van der Waals surface area (Å²) < 4.78 is 0.980. The number of anilines is 1. The summed E-state index contributed by atoms with van der Waals surface area (Å²) >= 11 is 3.40. The van der Waals surface area contributed by atoms with Gasteiger partial charge in [-0.05, 0) is 40.9 Å². The first-order valence-electron chi connectivity index (χ1n) is 5.21. The van der Waals surface area contributed by atoms with Gasteiger partial charge in [0.05, 0.1) is 0 Å². The summed E-state index contributed by atoms with van der Waals surface area (Å²) in [6, 6.07) is 1.81. The van der Waals surface area contributed by atoms with Crippen LogP contribution in [0.15, 0.2) is 16.7 Å². The fourth-order valence-electron chi connectivity index (χ4n) is 1.75. The number of nitrogens with one attached hydrogen (secondary N) is 1. The van der Waals surface area contributed by atoms with Crippen molar-refractivity contribution in [2.45, 2.75) is 19.4 Å². The monoisotopic (exact) mass is 283 g/mol. The van der Waals surface area contributed by atoms with Crippen LogP contribution in [0.3, 0.4) is 0 Å². The number of halogens is 1. The van der Waals surface area contributed by atoms with Gasteiger partial charge >= 0.3 is 0 Å². The zero-order valence-electron chi connectivity index (χ0n) is 9.33. The number of carbonyl (C=O) groups is 1. The molecule has 0 saturated carbocycles. The number of nitrogens with zero attached hydrogens (tertiary/aromatic N) is 2. The molecule has 0 bridgehead atoms. The summed E-state index contributed by atoms with van der Waals surface area (Å²) in [7, 11) is 1.82. The molecule has 2 rings (SSSR count). The van der Waals surface area contributed by atoms with Gasteiger partial charge in [0.2, 0.25) is 5.91 Å². The van der Waals surface area contributed by atoms with Gasteiger partial charge in [0.15, 0.2) is 0 Å². The van der Waals surface area contributed by atoms with Crippen molar-refractivity contribution < 1.29 is 4.79 Å². The molecule has 5 heteroatoms. The van der Waals surface area contributed by atoms with Gasteiger partial charge in [0, 0.05) is 24.3 Å². The van der Waals surface area contributed by atoms with Gasteiger partial charge in [-0.25, -0.2) is 4.98 Å². The molecule has 1 aliphatic heterocycles. The third-order valence-corrected chi connectivity index (χ3v) is 3.63. The molecule has 0 spiro atoms. The number of likely N-dealkylation sites (tertiary alicyclic amines) is 1. The fourth-order valence-corrected chi connectivity index (χ4v) is 1.97. The van der Waals surface area contributed by atoms with E-state index >= 15 is 0 Å². The molecule has 1 aliphatic rings. The molecule has 1 atom stereocenters. The number of likely N-dealkylation sites (N-methyl/N-ethyl adjacent to an activating group) is 1. The van der Waals surface area contributed by atoms with Crippen LogP contribution in [0.4, 0.5) is 5.82 Å². The quantitative estimate of drug-likeness (QED) is 0.900. The molecule has 2 heterocycles. The largest absolute Gasteiger partial charge is 0.358 e. The molecule has 1 fully saturated rings. The summed E-state index contributed by atoms with van der Waals surface area (Å²) in [4.78, 5) is 17.7. The van der Waals surface area contributed by atoms with Crippen molar-refractivity contribution in [3.05, 3.63) is 22.3 Å². The molecule has 86 valence electrons. The topological polar surface area (TPSA) is 45.2 Å². The highest BCUT2D eigenvalue weighted by Crippen LogP contribution is 2.19. The minimum atomic E-state index is -0.127. The van der Waals surface area contributed by atoms with Gasteiger partial charge < -0.3 is 10.2 Å². The van der Waals surface area contributed by atoms with Crippen molar-refractivity contribution in [2.75, 3.05) is 18.9 Å². The second-order valence-corrected chi connectivity index (χ2v) is 4.92. The van der Waals surface area contributed by atoms with E-state index in [9.17, 15) is 4.79 Å². The van der Waals surface area contributed by atoms with E-state index in [-0.39, 0.29) is 11.9 Å². The SMILES string of the molecule is Cc1cc(NC2CCN(C)C2=O)ncc1Br. The molecule has 4 nitrogen and oxygen atoms in total. The number of aromatic nitrogens is 1. The van der Waals surface area contributed by atoms with Crippen molar-refractivity contribution in [3.63, 3.8) is 0 Å². The fraction of sp³-hybridized carbons (Fsp3) is 0.455. The van der Waals surface area contributed by atoms with Crippen molar-refractivity contribution in [3.8, 4) is 0 Å². The molecule has 1 unspecified atom stereocenters. The third kappa shape index (κ3) is 2.19. The van der Waals surface area contributed by atoms with E-state index < -0.39 is 0 Å². The predicted octanol–water partition coefficient (Wildman–Crippen LogP) is 1.80. The Labute approximate surface area is 103 Å². The first-order chi connectivity index (χ1) is 7.58. The van der Waals surface area contributed by atoms with E-state index in [0.29, 0.717) is 0 Å². The number of hydrogen-bond donors (Lipinski definition) is 1. The highest BCUT2D eigenvalue weighted by atomic mass is 79.9. The molecule has 1 amide bonds. The molecular formula is C11H14BrN3O. The van der Waals surface area contributed by atoms with E-state index in [1.807, 2.05) is 20.0 Å². The maximum absolute atomic E-state index is 11.7. The second-order valence-electron chi connectivity index (χ2n) is 4.06. The van der Waals surface area contributed by atoms with Gasteiger partial charge in [-0.3, -0.25) is 4.79 Å². The minimum absolute atomic E-state index is 0.127. The Morgan fingerprint density at radius 2 is 2.38 bits per heavy atom. The lowest BCUT2D eigenvalue weighted by molar-refractivity contribution is -0.127. The lowest BCUT2D eigenvalue weighted by Gasteiger charge is -2.13. The maximum Gasteiger partial charge on any atom is 0.244 e. The number of pyridine rings is 1. The number of hydrogen-bond acceptors (Lipinski definition) is 3. The van der Waals surface area contributed by atoms with Crippen molar-refractivity contribution in [2.24, 2.45) is 0 Å². The van der Waals surface area contributed by atoms with Crippen LogP contribution in [0.2, 0.25) is 0 Å². The smallest absolute Gasteiger partial charge is 0.244 e. The highest BCUT2D eigenvalue weighted by Gasteiger charge is 2.28. The molecule has 16 heavy (non-hydrogen) atoms. The maximum atomic E-state index is 11.7. The Balaban J connectivity index is 2.10. The van der Waals surface area contributed by atoms with E-state index in [1.165, 1.54) is 0 Å². The van der Waals surface area contributed by atoms with E-state index in [2.05, 4.69) is 26.2 Å². The summed E-state index contributed by atoms with van der Waals surface area (Å²) in [5.41, 5.74) is 1.11. The third-order valence-electron chi connectivity index (χ3n) is 2.80. The Bertz CT molecular complexity index is 422. The average Bonchev–Trinajstić information content (AvgIpc) is 2.55. The molecule has 1 N–H and O–H groups in total. The zero-order chi connectivity index (χ0) is 11.7. The number of carbonyl (C=O) groups excluding carboxylic acids is 1. The molecule has 1 aromatic rings. The van der Waals surface area contributed by atoms with Crippen molar-refractivity contribution >= 4 is 27.7 Å². The highest BCUT2D eigenvalue weighted by molar-refractivity contribution is 9.10.